The molecule has 3 heteroatoms. The van der Waals surface area contributed by atoms with Gasteiger partial charge in [-0.1, -0.05) is 57.0 Å². The molecule has 0 amide bonds. The molecule has 0 aromatic heterocycles. The van der Waals surface area contributed by atoms with Crippen molar-refractivity contribution in [2.24, 2.45) is 11.8 Å². The van der Waals surface area contributed by atoms with Crippen molar-refractivity contribution in [1.29, 1.82) is 0 Å². The van der Waals surface area contributed by atoms with Gasteiger partial charge in [0.15, 0.2) is 0 Å². The minimum absolute atomic E-state index is 0.162. The summed E-state index contributed by atoms with van der Waals surface area (Å²) in [5.41, 5.74) is 1.02. The molecule has 1 N–H and O–H groups in total. The second kappa shape index (κ2) is 7.60. The van der Waals surface area contributed by atoms with Crippen LogP contribution in [0.3, 0.4) is 0 Å². The Morgan fingerprint density at radius 1 is 1.29 bits per heavy atom. The van der Waals surface area contributed by atoms with Crippen molar-refractivity contribution < 1.29 is 9.53 Å². The summed E-state index contributed by atoms with van der Waals surface area (Å²) in [5, 5.41) is 3.61. The van der Waals surface area contributed by atoms with Crippen molar-refractivity contribution in [3.63, 3.8) is 0 Å². The molecule has 1 fully saturated rings. The van der Waals surface area contributed by atoms with E-state index in [0.29, 0.717) is 18.5 Å². The van der Waals surface area contributed by atoms with Crippen molar-refractivity contribution in [3.8, 4) is 0 Å². The van der Waals surface area contributed by atoms with Crippen molar-refractivity contribution in [2.45, 2.75) is 45.1 Å². The van der Waals surface area contributed by atoms with Crippen LogP contribution in [0.4, 0.5) is 0 Å². The zero-order valence-electron chi connectivity index (χ0n) is 13.3. The molecule has 21 heavy (non-hydrogen) atoms. The minimum Gasteiger partial charge on any atom is -0.469 e. The first-order valence-electron chi connectivity index (χ1n) is 7.99. The molecule has 0 spiro atoms. The van der Waals surface area contributed by atoms with Crippen molar-refractivity contribution in [2.75, 3.05) is 13.7 Å². The van der Waals surface area contributed by atoms with Crippen LogP contribution in [0.5, 0.6) is 0 Å². The van der Waals surface area contributed by atoms with Crippen LogP contribution >= 0.6 is 0 Å². The molecular weight excluding hydrogens is 262 g/mol. The van der Waals surface area contributed by atoms with Gasteiger partial charge in [-0.2, -0.15) is 0 Å². The highest BCUT2D eigenvalue weighted by Gasteiger charge is 2.29. The Morgan fingerprint density at radius 2 is 2.00 bits per heavy atom. The third-order valence-corrected chi connectivity index (χ3v) is 4.98. The number of nitrogens with one attached hydrogen (secondary N) is 1. The van der Waals surface area contributed by atoms with Gasteiger partial charge in [-0.15, -0.1) is 0 Å². The van der Waals surface area contributed by atoms with E-state index in [1.165, 1.54) is 26.4 Å². The molecule has 0 radical (unpaired) electrons. The second-order valence-corrected chi connectivity index (χ2v) is 6.27. The molecule has 0 aliphatic heterocycles. The first kappa shape index (κ1) is 16.0. The summed E-state index contributed by atoms with van der Waals surface area (Å²) < 4.78 is 4.98. The number of methoxy groups -OCH3 is 1. The maximum absolute atomic E-state index is 12.1. The third-order valence-electron chi connectivity index (χ3n) is 4.98. The molecule has 1 saturated carbocycles. The van der Waals surface area contributed by atoms with Gasteiger partial charge in [0, 0.05) is 12.6 Å². The Kier molecular flexibility index (Phi) is 5.80. The van der Waals surface area contributed by atoms with E-state index >= 15 is 0 Å². The van der Waals surface area contributed by atoms with Crippen molar-refractivity contribution in [3.05, 3.63) is 35.9 Å². The van der Waals surface area contributed by atoms with E-state index in [-0.39, 0.29) is 11.9 Å². The van der Waals surface area contributed by atoms with Gasteiger partial charge in [-0.05, 0) is 23.8 Å². The van der Waals surface area contributed by atoms with Gasteiger partial charge in [0.2, 0.25) is 0 Å². The lowest BCUT2D eigenvalue weighted by Gasteiger charge is -2.35. The lowest BCUT2D eigenvalue weighted by atomic mass is 9.78. The summed E-state index contributed by atoms with van der Waals surface area (Å²) in [6.07, 6.45) is 3.80. The number of esters is 1. The molecule has 1 aromatic rings. The van der Waals surface area contributed by atoms with Crippen LogP contribution in [-0.4, -0.2) is 25.7 Å². The number of benzene rings is 1. The predicted octanol–water partition coefficient (Wildman–Crippen LogP) is 3.36. The lowest BCUT2D eigenvalue weighted by Crippen LogP contribution is -2.43. The molecule has 2 rings (SSSR count). The van der Waals surface area contributed by atoms with Crippen molar-refractivity contribution >= 4 is 5.97 Å². The zero-order valence-corrected chi connectivity index (χ0v) is 13.3. The van der Waals surface area contributed by atoms with Crippen LogP contribution in [0.15, 0.2) is 30.3 Å². The van der Waals surface area contributed by atoms with E-state index in [9.17, 15) is 4.79 Å². The maximum atomic E-state index is 12.1. The Bertz CT molecular complexity index is 446. The first-order valence-corrected chi connectivity index (χ1v) is 7.99. The first-order chi connectivity index (χ1) is 10.1. The number of hydrogen-bond donors (Lipinski definition) is 1. The fraction of sp³-hybridized carbons (Fsp3) is 0.611. The molecule has 1 aliphatic carbocycles. The highest BCUT2D eigenvalue weighted by atomic mass is 16.5. The van der Waals surface area contributed by atoms with Gasteiger partial charge >= 0.3 is 5.97 Å². The van der Waals surface area contributed by atoms with Gasteiger partial charge in [-0.25, -0.2) is 0 Å². The Morgan fingerprint density at radius 3 is 2.67 bits per heavy atom. The minimum atomic E-state index is -0.222. The molecule has 3 nitrogen and oxygen atoms in total. The number of rotatable bonds is 5. The molecular formula is C18H27NO2. The van der Waals surface area contributed by atoms with Crippen LogP contribution < -0.4 is 5.32 Å². The monoisotopic (exact) mass is 289 g/mol. The number of ether oxygens (including phenoxy) is 1. The standard InChI is InChI=1S/C18H27NO2/c1-13-8-7-11-17(14(13)2)19-12-16(18(20)21-3)15-9-5-4-6-10-15/h4-6,9-10,13-14,16-17,19H,7-8,11-12H2,1-3H3. The van der Waals surface area contributed by atoms with E-state index in [1.54, 1.807) is 0 Å². The lowest BCUT2D eigenvalue weighted by molar-refractivity contribution is -0.142. The van der Waals surface area contributed by atoms with E-state index in [4.69, 9.17) is 4.74 Å². The highest BCUT2D eigenvalue weighted by molar-refractivity contribution is 5.78. The molecule has 0 saturated heterocycles. The smallest absolute Gasteiger partial charge is 0.314 e. The molecule has 1 aliphatic rings. The van der Waals surface area contributed by atoms with Crippen LogP contribution in [0.2, 0.25) is 0 Å². The fourth-order valence-corrected chi connectivity index (χ4v) is 3.30. The summed E-state index contributed by atoms with van der Waals surface area (Å²) in [4.78, 5) is 12.1. The van der Waals surface area contributed by atoms with Crippen molar-refractivity contribution in [1.82, 2.24) is 5.32 Å². The summed E-state index contributed by atoms with van der Waals surface area (Å²) in [6.45, 7) is 5.29. The fourth-order valence-electron chi connectivity index (χ4n) is 3.30. The normalized spacial score (nSPS) is 27.1. The van der Waals surface area contributed by atoms with E-state index in [2.05, 4.69) is 19.2 Å². The van der Waals surface area contributed by atoms with Crippen LogP contribution in [0.25, 0.3) is 0 Å². The molecule has 0 bridgehead atoms. The highest BCUT2D eigenvalue weighted by Crippen LogP contribution is 2.30. The van der Waals surface area contributed by atoms with E-state index in [1.807, 2.05) is 30.3 Å². The second-order valence-electron chi connectivity index (χ2n) is 6.27. The van der Waals surface area contributed by atoms with Gasteiger partial charge < -0.3 is 10.1 Å². The van der Waals surface area contributed by atoms with Gasteiger partial charge in [0.1, 0.15) is 0 Å². The molecule has 4 unspecified atom stereocenters. The Labute approximate surface area is 128 Å². The molecule has 116 valence electrons. The maximum Gasteiger partial charge on any atom is 0.314 e. The molecule has 0 heterocycles. The summed E-state index contributed by atoms with van der Waals surface area (Å²) in [6, 6.07) is 10.4. The number of carbonyl (C=O) groups is 1. The molecule has 4 atom stereocenters. The third kappa shape index (κ3) is 4.07. The molecule has 1 aromatic carbocycles. The Hall–Kier alpha value is -1.35. The van der Waals surface area contributed by atoms with Crippen LogP contribution in [-0.2, 0) is 9.53 Å². The average Bonchev–Trinajstić information content (AvgIpc) is 2.52. The largest absolute Gasteiger partial charge is 0.469 e. The zero-order chi connectivity index (χ0) is 15.2. The Balaban J connectivity index is 2.01. The van der Waals surface area contributed by atoms with E-state index in [0.717, 1.165) is 11.5 Å². The van der Waals surface area contributed by atoms with E-state index < -0.39 is 0 Å². The van der Waals surface area contributed by atoms with Crippen LogP contribution in [0.1, 0.15) is 44.6 Å². The summed E-state index contributed by atoms with van der Waals surface area (Å²) in [5.74, 6) is 1.03. The summed E-state index contributed by atoms with van der Waals surface area (Å²) >= 11 is 0. The number of hydrogen-bond acceptors (Lipinski definition) is 3. The van der Waals surface area contributed by atoms with Gasteiger partial charge in [-0.3, -0.25) is 4.79 Å². The predicted molar refractivity (Wildman–Crippen MR) is 85.2 cm³/mol. The average molecular weight is 289 g/mol. The van der Waals surface area contributed by atoms with Crippen LogP contribution in [0, 0.1) is 11.8 Å². The van der Waals surface area contributed by atoms with Gasteiger partial charge in [0.25, 0.3) is 0 Å². The number of carbonyl (C=O) groups excluding carboxylic acids is 1. The SMILES string of the molecule is COC(=O)C(CNC1CCCC(C)C1C)c1ccccc1. The topological polar surface area (TPSA) is 38.3 Å². The summed E-state index contributed by atoms with van der Waals surface area (Å²) in [7, 11) is 1.46. The quantitative estimate of drug-likeness (QED) is 0.845. The van der Waals surface area contributed by atoms with Gasteiger partial charge in [0.05, 0.1) is 13.0 Å².